The Morgan fingerprint density at radius 2 is 1.78 bits per heavy atom. The second-order valence-corrected chi connectivity index (χ2v) is 7.92. The minimum absolute atomic E-state index is 0.0957. The van der Waals surface area contributed by atoms with Crippen LogP contribution in [0.1, 0.15) is 29.9 Å². The van der Waals surface area contributed by atoms with Crippen molar-refractivity contribution in [2.45, 2.75) is 19.4 Å². The lowest BCUT2D eigenvalue weighted by Gasteiger charge is -2.33. The minimum atomic E-state index is -1.15. The van der Waals surface area contributed by atoms with E-state index in [0.717, 1.165) is 0 Å². The van der Waals surface area contributed by atoms with Crippen LogP contribution >= 0.6 is 34.8 Å². The van der Waals surface area contributed by atoms with Gasteiger partial charge in [-0.1, -0.05) is 34.8 Å². The summed E-state index contributed by atoms with van der Waals surface area (Å²) in [5, 5.41) is 15.4. The summed E-state index contributed by atoms with van der Waals surface area (Å²) in [6.45, 7) is 3.58. The molecule has 0 atom stereocenters. The monoisotopic (exact) mass is 422 g/mol. The highest BCUT2D eigenvalue weighted by atomic mass is 35.5. The van der Waals surface area contributed by atoms with Crippen LogP contribution in [0.2, 0.25) is 15.1 Å². The average Bonchev–Trinajstić information content (AvgIpc) is 2.96. The first-order chi connectivity index (χ1) is 12.7. The fourth-order valence-corrected chi connectivity index (χ4v) is 3.97. The zero-order chi connectivity index (χ0) is 19.5. The fourth-order valence-electron chi connectivity index (χ4n) is 3.32. The molecule has 0 fully saturated rings. The van der Waals surface area contributed by atoms with Gasteiger partial charge in [-0.3, -0.25) is 0 Å². The van der Waals surface area contributed by atoms with Crippen molar-refractivity contribution in [2.75, 3.05) is 0 Å². The van der Waals surface area contributed by atoms with E-state index < -0.39 is 11.6 Å². The van der Waals surface area contributed by atoms with Gasteiger partial charge in [0.2, 0.25) is 0 Å². The lowest BCUT2D eigenvalue weighted by molar-refractivity contribution is 0.0665. The molecule has 27 heavy (non-hydrogen) atoms. The highest BCUT2D eigenvalue weighted by molar-refractivity contribution is 6.35. The SMILES string of the molecule is CC1(C)Oc2cc(Cl)ccc2-c2c1c(C(=O)O)nn2-c1ccc(Cl)cc1Cl. The number of benzene rings is 2. The van der Waals surface area contributed by atoms with Crippen LogP contribution in [0.3, 0.4) is 0 Å². The zero-order valence-corrected chi connectivity index (χ0v) is 16.5. The molecule has 1 N–H and O–H groups in total. The molecule has 1 aliphatic heterocycles. The number of fused-ring (bicyclic) bond motifs is 3. The van der Waals surface area contributed by atoms with Crippen LogP contribution in [-0.2, 0) is 5.60 Å². The van der Waals surface area contributed by atoms with Crippen molar-refractivity contribution in [3.8, 4) is 22.7 Å². The number of ether oxygens (including phenoxy) is 1. The van der Waals surface area contributed by atoms with Gasteiger partial charge >= 0.3 is 5.97 Å². The summed E-state index contributed by atoms with van der Waals surface area (Å²) in [4.78, 5) is 11.9. The number of nitrogens with zero attached hydrogens (tertiary/aromatic N) is 2. The molecule has 0 saturated carbocycles. The number of hydrogen-bond donors (Lipinski definition) is 1. The van der Waals surface area contributed by atoms with Crippen molar-refractivity contribution in [1.82, 2.24) is 9.78 Å². The maximum absolute atomic E-state index is 11.9. The number of carboxylic acids is 1. The van der Waals surface area contributed by atoms with E-state index in [4.69, 9.17) is 39.5 Å². The van der Waals surface area contributed by atoms with Crippen LogP contribution in [0.4, 0.5) is 0 Å². The summed E-state index contributed by atoms with van der Waals surface area (Å²) in [5.74, 6) is -0.604. The van der Waals surface area contributed by atoms with Gasteiger partial charge in [0.05, 0.1) is 22.0 Å². The number of halogens is 3. The summed E-state index contributed by atoms with van der Waals surface area (Å²) in [6, 6.07) is 10.1. The summed E-state index contributed by atoms with van der Waals surface area (Å²) < 4.78 is 7.58. The van der Waals surface area contributed by atoms with Gasteiger partial charge in [0, 0.05) is 15.6 Å². The van der Waals surface area contributed by atoms with Crippen LogP contribution in [0.25, 0.3) is 16.9 Å². The molecule has 0 unspecified atom stereocenters. The van der Waals surface area contributed by atoms with Crippen molar-refractivity contribution in [3.05, 3.63) is 62.7 Å². The number of aromatic nitrogens is 2. The smallest absolute Gasteiger partial charge is 0.356 e. The summed E-state index contributed by atoms with van der Waals surface area (Å²) in [6.07, 6.45) is 0. The van der Waals surface area contributed by atoms with E-state index in [9.17, 15) is 9.90 Å². The van der Waals surface area contributed by atoms with E-state index in [1.807, 2.05) is 0 Å². The predicted octanol–water partition coefficient (Wildman–Crippen LogP) is 5.83. The number of carboxylic acid groups (broad SMARTS) is 1. The van der Waals surface area contributed by atoms with Crippen LogP contribution in [0, 0.1) is 0 Å². The van der Waals surface area contributed by atoms with E-state index in [0.29, 0.717) is 43.3 Å². The lowest BCUT2D eigenvalue weighted by atomic mass is 9.89. The highest BCUT2D eigenvalue weighted by Crippen LogP contribution is 2.48. The first-order valence-corrected chi connectivity index (χ1v) is 9.13. The topological polar surface area (TPSA) is 64.3 Å². The third kappa shape index (κ3) is 2.87. The Hall–Kier alpha value is -2.21. The van der Waals surface area contributed by atoms with Crippen molar-refractivity contribution in [1.29, 1.82) is 0 Å². The number of aromatic carboxylic acids is 1. The highest BCUT2D eigenvalue weighted by Gasteiger charge is 2.41. The maximum atomic E-state index is 11.9. The van der Waals surface area contributed by atoms with Crippen molar-refractivity contribution < 1.29 is 14.6 Å². The standard InChI is InChI=1S/C19H13Cl3N2O3/c1-19(2)15-16(18(25)26)23-24(13-6-4-9(20)7-12(13)22)17(15)11-5-3-10(21)8-14(11)27-19/h3-8H,1-2H3,(H,25,26). The van der Waals surface area contributed by atoms with Crippen LogP contribution in [0.5, 0.6) is 5.75 Å². The normalized spacial score (nSPS) is 14.3. The first kappa shape index (κ1) is 18.2. The predicted molar refractivity (Wildman–Crippen MR) is 105 cm³/mol. The fraction of sp³-hybridized carbons (Fsp3) is 0.158. The lowest BCUT2D eigenvalue weighted by Crippen LogP contribution is -2.31. The van der Waals surface area contributed by atoms with Gasteiger partial charge in [0.25, 0.3) is 0 Å². The molecule has 8 heteroatoms. The first-order valence-electron chi connectivity index (χ1n) is 8.00. The van der Waals surface area contributed by atoms with Crippen LogP contribution in [-0.4, -0.2) is 20.9 Å². The molecular weight excluding hydrogens is 411 g/mol. The van der Waals surface area contributed by atoms with Crippen LogP contribution < -0.4 is 4.74 Å². The molecular formula is C19H13Cl3N2O3. The number of rotatable bonds is 2. The Morgan fingerprint density at radius 3 is 2.44 bits per heavy atom. The van der Waals surface area contributed by atoms with Crippen LogP contribution in [0.15, 0.2) is 36.4 Å². The van der Waals surface area contributed by atoms with E-state index in [1.165, 1.54) is 4.68 Å². The van der Waals surface area contributed by atoms with E-state index in [-0.39, 0.29) is 5.69 Å². The second-order valence-electron chi connectivity index (χ2n) is 6.64. The maximum Gasteiger partial charge on any atom is 0.356 e. The van der Waals surface area contributed by atoms with E-state index >= 15 is 0 Å². The molecule has 2 aromatic carbocycles. The molecule has 5 nitrogen and oxygen atoms in total. The zero-order valence-electron chi connectivity index (χ0n) is 14.3. The van der Waals surface area contributed by atoms with E-state index in [1.54, 1.807) is 50.2 Å². The van der Waals surface area contributed by atoms with Crippen molar-refractivity contribution in [2.24, 2.45) is 0 Å². The molecule has 0 spiro atoms. The second kappa shape index (κ2) is 6.16. The molecule has 0 radical (unpaired) electrons. The molecule has 0 aliphatic carbocycles. The minimum Gasteiger partial charge on any atom is -0.482 e. The number of carbonyl (C=O) groups is 1. The van der Waals surface area contributed by atoms with Gasteiger partial charge in [-0.25, -0.2) is 9.48 Å². The largest absolute Gasteiger partial charge is 0.482 e. The quantitative estimate of drug-likeness (QED) is 0.563. The third-order valence-corrected chi connectivity index (χ3v) is 5.16. The van der Waals surface area contributed by atoms with Gasteiger partial charge < -0.3 is 9.84 Å². The molecule has 0 bridgehead atoms. The Labute approximate surface area is 170 Å². The summed E-state index contributed by atoms with van der Waals surface area (Å²) in [7, 11) is 0. The Balaban J connectivity index is 2.12. The number of hydrogen-bond acceptors (Lipinski definition) is 3. The molecule has 1 aliphatic rings. The molecule has 0 saturated heterocycles. The molecule has 138 valence electrons. The van der Waals surface area contributed by atoms with Crippen molar-refractivity contribution >= 4 is 40.8 Å². The van der Waals surface area contributed by atoms with Gasteiger partial charge in [-0.2, -0.15) is 5.10 Å². The molecule has 1 aromatic heterocycles. The van der Waals surface area contributed by atoms with Crippen molar-refractivity contribution in [3.63, 3.8) is 0 Å². The Kier molecular flexibility index (Phi) is 4.14. The average molecular weight is 424 g/mol. The Morgan fingerprint density at radius 1 is 1.11 bits per heavy atom. The van der Waals surface area contributed by atoms with E-state index in [2.05, 4.69) is 5.10 Å². The molecule has 4 rings (SSSR count). The Bertz CT molecular complexity index is 1110. The van der Waals surface area contributed by atoms with Gasteiger partial charge in [0.1, 0.15) is 11.4 Å². The van der Waals surface area contributed by atoms with Gasteiger partial charge in [0.15, 0.2) is 5.69 Å². The van der Waals surface area contributed by atoms with Gasteiger partial charge in [-0.15, -0.1) is 0 Å². The summed E-state index contributed by atoms with van der Waals surface area (Å²) >= 11 is 18.5. The molecule has 0 amide bonds. The third-order valence-electron chi connectivity index (χ3n) is 4.39. The molecule has 2 heterocycles. The van der Waals surface area contributed by atoms with Gasteiger partial charge in [-0.05, 0) is 50.2 Å². The summed E-state index contributed by atoms with van der Waals surface area (Å²) in [5.41, 5.74) is 1.23. The molecule has 3 aromatic rings.